The maximum Gasteiger partial charge on any atom is 0.250 e. The van der Waals surface area contributed by atoms with Gasteiger partial charge in [0.05, 0.1) is 5.75 Å². The van der Waals surface area contributed by atoms with Gasteiger partial charge in [0.1, 0.15) is 0 Å². The van der Waals surface area contributed by atoms with Crippen LogP contribution in [-0.4, -0.2) is 27.3 Å². The fourth-order valence-electron chi connectivity index (χ4n) is 2.49. The molecular formula is C16H24N4OS. The Hall–Kier alpha value is -1.43. The van der Waals surface area contributed by atoms with Crippen molar-refractivity contribution in [3.63, 3.8) is 0 Å². The molecule has 120 valence electrons. The average molecular weight is 320 g/mol. The number of amides is 1. The zero-order valence-corrected chi connectivity index (χ0v) is 14.2. The predicted molar refractivity (Wildman–Crippen MR) is 90.1 cm³/mol. The van der Waals surface area contributed by atoms with Crippen molar-refractivity contribution < 1.29 is 4.79 Å². The molecule has 1 saturated carbocycles. The van der Waals surface area contributed by atoms with E-state index >= 15 is 0 Å². The fourth-order valence-corrected chi connectivity index (χ4v) is 3.23. The van der Waals surface area contributed by atoms with E-state index < -0.39 is 0 Å². The standard InChI is InChI=1S/C16H24N4OS/c1-12-10-13(2)18-16(17-12)22-11-15(21)20-19-14-8-6-4-3-5-7-9-14/h10H,3-9,11H2,1-2H3,(H,20,21). The fraction of sp³-hybridized carbons (Fsp3) is 0.625. The van der Waals surface area contributed by atoms with E-state index in [0.717, 1.165) is 29.9 Å². The van der Waals surface area contributed by atoms with Crippen molar-refractivity contribution >= 4 is 23.4 Å². The van der Waals surface area contributed by atoms with Gasteiger partial charge in [0.2, 0.25) is 0 Å². The van der Waals surface area contributed by atoms with Crippen LogP contribution in [0.4, 0.5) is 0 Å². The monoisotopic (exact) mass is 320 g/mol. The minimum Gasteiger partial charge on any atom is -0.272 e. The Kier molecular flexibility index (Phi) is 6.83. The number of carbonyl (C=O) groups is 1. The molecule has 1 aromatic rings. The average Bonchev–Trinajstić information content (AvgIpc) is 2.43. The first-order chi connectivity index (χ1) is 10.6. The number of thioether (sulfide) groups is 1. The summed E-state index contributed by atoms with van der Waals surface area (Å²) in [6, 6.07) is 1.92. The summed E-state index contributed by atoms with van der Waals surface area (Å²) in [4.78, 5) is 20.5. The van der Waals surface area contributed by atoms with Gasteiger partial charge in [-0.2, -0.15) is 5.10 Å². The zero-order chi connectivity index (χ0) is 15.8. The Morgan fingerprint density at radius 3 is 2.36 bits per heavy atom. The van der Waals surface area contributed by atoms with Crippen molar-refractivity contribution in [2.75, 3.05) is 5.75 Å². The Balaban J connectivity index is 1.79. The van der Waals surface area contributed by atoms with Crippen LogP contribution in [0.2, 0.25) is 0 Å². The van der Waals surface area contributed by atoms with Gasteiger partial charge in [0.15, 0.2) is 5.16 Å². The van der Waals surface area contributed by atoms with Crippen LogP contribution in [0.3, 0.4) is 0 Å². The number of nitrogens with zero attached hydrogens (tertiary/aromatic N) is 3. The van der Waals surface area contributed by atoms with Gasteiger partial charge in [-0.15, -0.1) is 0 Å². The van der Waals surface area contributed by atoms with Gasteiger partial charge in [0.25, 0.3) is 5.91 Å². The van der Waals surface area contributed by atoms with E-state index in [1.807, 2.05) is 19.9 Å². The maximum atomic E-state index is 11.9. The Morgan fingerprint density at radius 2 is 1.73 bits per heavy atom. The van der Waals surface area contributed by atoms with Crippen molar-refractivity contribution in [3.05, 3.63) is 17.5 Å². The van der Waals surface area contributed by atoms with Crippen LogP contribution in [0.5, 0.6) is 0 Å². The summed E-state index contributed by atoms with van der Waals surface area (Å²) < 4.78 is 0. The van der Waals surface area contributed by atoms with E-state index in [-0.39, 0.29) is 5.91 Å². The number of rotatable bonds is 4. The quantitative estimate of drug-likeness (QED) is 0.524. The first-order valence-corrected chi connectivity index (χ1v) is 8.91. The highest BCUT2D eigenvalue weighted by atomic mass is 32.2. The number of hydrogen-bond donors (Lipinski definition) is 1. The molecular weight excluding hydrogens is 296 g/mol. The van der Waals surface area contributed by atoms with Gasteiger partial charge >= 0.3 is 0 Å². The van der Waals surface area contributed by atoms with Crippen LogP contribution in [0.25, 0.3) is 0 Å². The Labute approximate surface area is 136 Å². The highest BCUT2D eigenvalue weighted by Crippen LogP contribution is 2.15. The van der Waals surface area contributed by atoms with Gasteiger partial charge in [-0.25, -0.2) is 15.4 Å². The van der Waals surface area contributed by atoms with Crippen molar-refractivity contribution in [2.45, 2.75) is 63.9 Å². The van der Waals surface area contributed by atoms with Crippen LogP contribution >= 0.6 is 11.8 Å². The van der Waals surface area contributed by atoms with Gasteiger partial charge in [0, 0.05) is 17.1 Å². The largest absolute Gasteiger partial charge is 0.272 e. The molecule has 6 heteroatoms. The number of hydrazone groups is 1. The molecule has 22 heavy (non-hydrogen) atoms. The number of aryl methyl sites for hydroxylation is 2. The third kappa shape index (κ3) is 6.13. The van der Waals surface area contributed by atoms with Crippen molar-refractivity contribution in [3.8, 4) is 0 Å². The summed E-state index contributed by atoms with van der Waals surface area (Å²) in [6.45, 7) is 3.86. The summed E-state index contributed by atoms with van der Waals surface area (Å²) in [7, 11) is 0. The molecule has 0 unspecified atom stereocenters. The molecule has 1 aliphatic rings. The molecule has 0 aromatic carbocycles. The van der Waals surface area contributed by atoms with E-state index in [2.05, 4.69) is 20.5 Å². The van der Waals surface area contributed by atoms with E-state index in [9.17, 15) is 4.79 Å². The number of carbonyl (C=O) groups excluding carboxylic acids is 1. The lowest BCUT2D eigenvalue weighted by molar-refractivity contribution is -0.118. The smallest absolute Gasteiger partial charge is 0.250 e. The van der Waals surface area contributed by atoms with Crippen LogP contribution in [0, 0.1) is 13.8 Å². The molecule has 5 nitrogen and oxygen atoms in total. The van der Waals surface area contributed by atoms with E-state index in [1.54, 1.807) is 0 Å². The summed E-state index contributed by atoms with van der Waals surface area (Å²) >= 11 is 1.35. The SMILES string of the molecule is Cc1cc(C)nc(SCC(=O)NN=C2CCCCCCC2)n1. The number of nitrogens with one attached hydrogen (secondary N) is 1. The molecule has 0 aliphatic heterocycles. The van der Waals surface area contributed by atoms with Crippen molar-refractivity contribution in [1.29, 1.82) is 0 Å². The molecule has 0 atom stereocenters. The normalized spacial score (nSPS) is 15.8. The first-order valence-electron chi connectivity index (χ1n) is 7.93. The second kappa shape index (κ2) is 8.88. The molecule has 0 saturated heterocycles. The molecule has 2 rings (SSSR count). The number of hydrogen-bond acceptors (Lipinski definition) is 5. The predicted octanol–water partition coefficient (Wildman–Crippen LogP) is 3.40. The van der Waals surface area contributed by atoms with Gasteiger partial charge < -0.3 is 0 Å². The highest BCUT2D eigenvalue weighted by molar-refractivity contribution is 7.99. The van der Waals surface area contributed by atoms with E-state index in [0.29, 0.717) is 10.9 Å². The summed E-state index contributed by atoms with van der Waals surface area (Å²) in [5, 5.41) is 4.94. The summed E-state index contributed by atoms with van der Waals surface area (Å²) in [5.41, 5.74) is 5.64. The van der Waals surface area contributed by atoms with Crippen LogP contribution in [0.1, 0.15) is 56.3 Å². The lowest BCUT2D eigenvalue weighted by Gasteiger charge is -2.10. The topological polar surface area (TPSA) is 67.2 Å². The molecule has 0 bridgehead atoms. The minimum absolute atomic E-state index is 0.0951. The minimum atomic E-state index is -0.0951. The van der Waals surface area contributed by atoms with Crippen LogP contribution < -0.4 is 5.43 Å². The third-order valence-corrected chi connectivity index (χ3v) is 4.41. The summed E-state index contributed by atoms with van der Waals surface area (Å²) in [5.74, 6) is 0.196. The molecule has 1 N–H and O–H groups in total. The molecule has 1 amide bonds. The lowest BCUT2D eigenvalue weighted by Crippen LogP contribution is -2.22. The van der Waals surface area contributed by atoms with Gasteiger partial charge in [-0.05, 0) is 45.6 Å². The number of aromatic nitrogens is 2. The maximum absolute atomic E-state index is 11.9. The molecule has 1 heterocycles. The molecule has 1 fully saturated rings. The molecule has 1 aromatic heterocycles. The molecule has 0 radical (unpaired) electrons. The van der Waals surface area contributed by atoms with Gasteiger partial charge in [-0.3, -0.25) is 4.79 Å². The van der Waals surface area contributed by atoms with E-state index in [4.69, 9.17) is 0 Å². The third-order valence-electron chi connectivity index (χ3n) is 3.56. The van der Waals surface area contributed by atoms with Crippen LogP contribution in [0.15, 0.2) is 16.3 Å². The van der Waals surface area contributed by atoms with Crippen molar-refractivity contribution in [2.24, 2.45) is 5.10 Å². The molecule has 0 spiro atoms. The summed E-state index contributed by atoms with van der Waals surface area (Å²) in [6.07, 6.45) is 8.24. The van der Waals surface area contributed by atoms with E-state index in [1.165, 1.54) is 43.9 Å². The Morgan fingerprint density at radius 1 is 1.14 bits per heavy atom. The second-order valence-electron chi connectivity index (χ2n) is 5.70. The van der Waals surface area contributed by atoms with Crippen molar-refractivity contribution in [1.82, 2.24) is 15.4 Å². The Bertz CT molecular complexity index is 515. The zero-order valence-electron chi connectivity index (χ0n) is 13.4. The first kappa shape index (κ1) is 16.9. The highest BCUT2D eigenvalue weighted by Gasteiger charge is 2.08. The van der Waals surface area contributed by atoms with Gasteiger partial charge in [-0.1, -0.05) is 31.0 Å². The second-order valence-corrected chi connectivity index (χ2v) is 6.65. The lowest BCUT2D eigenvalue weighted by atomic mass is 9.99. The van der Waals surface area contributed by atoms with Crippen LogP contribution in [-0.2, 0) is 4.79 Å². The molecule has 1 aliphatic carbocycles.